The van der Waals surface area contributed by atoms with Crippen LogP contribution in [0, 0.1) is 0 Å². The highest BCUT2D eigenvalue weighted by atomic mass is 35.5. The maximum Gasteiger partial charge on any atom is 0.172 e. The summed E-state index contributed by atoms with van der Waals surface area (Å²) < 4.78 is 5.25. The molecule has 0 aliphatic heterocycles. The van der Waals surface area contributed by atoms with Crippen LogP contribution >= 0.6 is 23.2 Å². The van der Waals surface area contributed by atoms with E-state index in [1.165, 1.54) is 0 Å². The second-order valence-corrected chi connectivity index (χ2v) is 4.57. The van der Waals surface area contributed by atoms with Gasteiger partial charge in [0.25, 0.3) is 0 Å². The predicted molar refractivity (Wildman–Crippen MR) is 70.4 cm³/mol. The van der Waals surface area contributed by atoms with Crippen LogP contribution in [0.2, 0.25) is 10.0 Å². The molecule has 0 bridgehead atoms. The Morgan fingerprint density at radius 3 is 2.71 bits per heavy atom. The third-order valence-electron chi connectivity index (χ3n) is 2.50. The van der Waals surface area contributed by atoms with Crippen LogP contribution < -0.4 is 5.73 Å². The lowest BCUT2D eigenvalue weighted by molar-refractivity contribution is 0.435. The molecule has 0 aliphatic rings. The largest absolute Gasteiger partial charge is 0.381 e. The van der Waals surface area contributed by atoms with Gasteiger partial charge in [-0.2, -0.15) is 0 Å². The molecule has 0 spiro atoms. The molecular weight excluding hydrogens is 259 g/mol. The normalized spacial score (nSPS) is 10.8. The summed E-state index contributed by atoms with van der Waals surface area (Å²) >= 11 is 11.8. The summed E-state index contributed by atoms with van der Waals surface area (Å²) in [6.07, 6.45) is 1.80. The van der Waals surface area contributed by atoms with E-state index in [0.29, 0.717) is 21.6 Å². The zero-order valence-electron chi connectivity index (χ0n) is 9.34. The molecule has 1 heterocycles. The van der Waals surface area contributed by atoms with Gasteiger partial charge >= 0.3 is 0 Å². The fourth-order valence-corrected chi connectivity index (χ4v) is 1.98. The fraction of sp³-hybridized carbons (Fsp3) is 0.250. The summed E-state index contributed by atoms with van der Waals surface area (Å²) in [6.45, 7) is 2.07. The van der Waals surface area contributed by atoms with Crippen molar-refractivity contribution in [2.75, 3.05) is 5.73 Å². The Morgan fingerprint density at radius 2 is 2.06 bits per heavy atom. The van der Waals surface area contributed by atoms with Crippen LogP contribution in [0.4, 0.5) is 5.82 Å². The van der Waals surface area contributed by atoms with Gasteiger partial charge in [0.05, 0.1) is 10.0 Å². The molecule has 0 radical (unpaired) electrons. The van der Waals surface area contributed by atoms with Gasteiger partial charge in [-0.15, -0.1) is 0 Å². The molecule has 3 nitrogen and oxygen atoms in total. The Kier molecular flexibility index (Phi) is 3.60. The van der Waals surface area contributed by atoms with Crippen LogP contribution in [0.25, 0.3) is 11.3 Å². The maximum atomic E-state index is 5.97. The molecular formula is C12H12Cl2N2O. The number of nitrogens with two attached hydrogens (primary N) is 1. The van der Waals surface area contributed by atoms with Crippen molar-refractivity contribution in [2.24, 2.45) is 0 Å². The van der Waals surface area contributed by atoms with Crippen molar-refractivity contribution in [2.45, 2.75) is 19.8 Å². The number of anilines is 1. The third-order valence-corrected chi connectivity index (χ3v) is 3.24. The van der Waals surface area contributed by atoms with Gasteiger partial charge in [-0.25, -0.2) is 0 Å². The first-order valence-corrected chi connectivity index (χ1v) is 6.08. The summed E-state index contributed by atoms with van der Waals surface area (Å²) in [5.74, 6) is 1.11. The van der Waals surface area contributed by atoms with Crippen molar-refractivity contribution in [3.8, 4) is 11.3 Å². The Balaban J connectivity index is 2.48. The first-order chi connectivity index (χ1) is 8.13. The molecule has 0 atom stereocenters. The molecule has 0 fully saturated rings. The molecule has 2 rings (SSSR count). The quantitative estimate of drug-likeness (QED) is 0.910. The smallest absolute Gasteiger partial charge is 0.172 e. The zero-order valence-corrected chi connectivity index (χ0v) is 10.8. The Hall–Kier alpha value is -1.19. The Bertz CT molecular complexity index is 537. The Morgan fingerprint density at radius 1 is 1.29 bits per heavy atom. The van der Waals surface area contributed by atoms with Crippen molar-refractivity contribution >= 4 is 29.0 Å². The van der Waals surface area contributed by atoms with E-state index in [1.54, 1.807) is 12.1 Å². The predicted octanol–water partition coefficient (Wildman–Crippen LogP) is 4.18. The van der Waals surface area contributed by atoms with Gasteiger partial charge in [0.1, 0.15) is 0 Å². The van der Waals surface area contributed by atoms with E-state index in [0.717, 1.165) is 24.0 Å². The lowest BCUT2D eigenvalue weighted by Gasteiger charge is -2.02. The molecule has 2 aromatic rings. The van der Waals surface area contributed by atoms with E-state index in [9.17, 15) is 0 Å². The lowest BCUT2D eigenvalue weighted by Crippen LogP contribution is -1.92. The summed E-state index contributed by atoms with van der Waals surface area (Å²) in [5.41, 5.74) is 7.53. The molecule has 0 saturated carbocycles. The van der Waals surface area contributed by atoms with Gasteiger partial charge in [0, 0.05) is 11.1 Å². The second kappa shape index (κ2) is 4.98. The molecule has 5 heteroatoms. The van der Waals surface area contributed by atoms with E-state index in [4.69, 9.17) is 33.5 Å². The molecule has 17 heavy (non-hydrogen) atoms. The minimum Gasteiger partial charge on any atom is -0.381 e. The molecule has 0 unspecified atom stereocenters. The molecule has 90 valence electrons. The van der Waals surface area contributed by atoms with Crippen LogP contribution in [-0.2, 0) is 6.42 Å². The molecule has 0 amide bonds. The van der Waals surface area contributed by atoms with E-state index in [1.807, 2.05) is 6.07 Å². The number of aromatic nitrogens is 1. The van der Waals surface area contributed by atoms with Gasteiger partial charge in [-0.3, -0.25) is 0 Å². The summed E-state index contributed by atoms with van der Waals surface area (Å²) in [5, 5.41) is 4.79. The second-order valence-electron chi connectivity index (χ2n) is 3.75. The van der Waals surface area contributed by atoms with Gasteiger partial charge in [0.15, 0.2) is 11.6 Å². The number of rotatable bonds is 3. The van der Waals surface area contributed by atoms with Crippen molar-refractivity contribution in [3.05, 3.63) is 33.8 Å². The zero-order chi connectivity index (χ0) is 12.4. The van der Waals surface area contributed by atoms with Crippen molar-refractivity contribution < 1.29 is 4.52 Å². The van der Waals surface area contributed by atoms with Crippen LogP contribution in [0.1, 0.15) is 18.9 Å². The molecule has 1 aromatic carbocycles. The van der Waals surface area contributed by atoms with Crippen LogP contribution in [0.15, 0.2) is 22.7 Å². The van der Waals surface area contributed by atoms with Crippen LogP contribution in [-0.4, -0.2) is 5.16 Å². The van der Waals surface area contributed by atoms with Gasteiger partial charge in [0.2, 0.25) is 0 Å². The highest BCUT2D eigenvalue weighted by Gasteiger charge is 2.15. The number of benzene rings is 1. The average molecular weight is 271 g/mol. The SMILES string of the molecule is CCCc1c(N)noc1-c1ccc(Cl)c(Cl)c1. The number of nitrogen functional groups attached to an aromatic ring is 1. The molecule has 2 N–H and O–H groups in total. The van der Waals surface area contributed by atoms with E-state index >= 15 is 0 Å². The van der Waals surface area contributed by atoms with Crippen LogP contribution in [0.5, 0.6) is 0 Å². The first-order valence-electron chi connectivity index (χ1n) is 5.33. The topological polar surface area (TPSA) is 52.0 Å². The standard InChI is InChI=1S/C12H12Cl2N2O/c1-2-3-8-11(17-16-12(8)15)7-4-5-9(13)10(14)6-7/h4-6H,2-3H2,1H3,(H2,15,16). The third kappa shape index (κ3) is 2.40. The van der Waals surface area contributed by atoms with Crippen LogP contribution in [0.3, 0.4) is 0 Å². The van der Waals surface area contributed by atoms with Gasteiger partial charge in [-0.05, 0) is 24.6 Å². The lowest BCUT2D eigenvalue weighted by atomic mass is 10.1. The van der Waals surface area contributed by atoms with Gasteiger partial charge in [-0.1, -0.05) is 41.7 Å². The van der Waals surface area contributed by atoms with Crippen molar-refractivity contribution in [3.63, 3.8) is 0 Å². The highest BCUT2D eigenvalue weighted by molar-refractivity contribution is 6.42. The van der Waals surface area contributed by atoms with Crippen molar-refractivity contribution in [1.82, 2.24) is 5.16 Å². The van der Waals surface area contributed by atoms with Crippen molar-refractivity contribution in [1.29, 1.82) is 0 Å². The summed E-state index contributed by atoms with van der Waals surface area (Å²) in [4.78, 5) is 0. The molecule has 0 aliphatic carbocycles. The first kappa shape index (κ1) is 12.3. The monoisotopic (exact) mass is 270 g/mol. The van der Waals surface area contributed by atoms with E-state index in [-0.39, 0.29) is 0 Å². The molecule has 1 aromatic heterocycles. The number of hydrogen-bond acceptors (Lipinski definition) is 3. The summed E-state index contributed by atoms with van der Waals surface area (Å²) in [7, 11) is 0. The highest BCUT2D eigenvalue weighted by Crippen LogP contribution is 2.32. The minimum atomic E-state index is 0.438. The number of nitrogens with zero attached hydrogens (tertiary/aromatic N) is 1. The van der Waals surface area contributed by atoms with E-state index in [2.05, 4.69) is 12.1 Å². The minimum absolute atomic E-state index is 0.438. The number of hydrogen-bond donors (Lipinski definition) is 1. The molecule has 0 saturated heterocycles. The summed E-state index contributed by atoms with van der Waals surface area (Å²) in [6, 6.07) is 5.32. The number of halogens is 2. The Labute approximate surface area is 109 Å². The average Bonchev–Trinajstić information content (AvgIpc) is 2.66. The fourth-order valence-electron chi connectivity index (χ4n) is 1.68. The van der Waals surface area contributed by atoms with E-state index < -0.39 is 0 Å². The van der Waals surface area contributed by atoms with Gasteiger partial charge < -0.3 is 10.3 Å². The maximum absolute atomic E-state index is 5.97.